The van der Waals surface area contributed by atoms with Crippen LogP contribution >= 0.6 is 0 Å². The van der Waals surface area contributed by atoms with Crippen LogP contribution in [0.5, 0.6) is 0 Å². The largest absolute Gasteiger partial charge is 0.481 e. The monoisotopic (exact) mass is 173 g/mol. The summed E-state index contributed by atoms with van der Waals surface area (Å²) in [6.07, 6.45) is 0.370. The third-order valence-electron chi connectivity index (χ3n) is 2.34. The van der Waals surface area contributed by atoms with Gasteiger partial charge in [0.1, 0.15) is 5.54 Å². The van der Waals surface area contributed by atoms with Crippen LogP contribution in [0.15, 0.2) is 0 Å². The summed E-state index contributed by atoms with van der Waals surface area (Å²) in [5, 5.41) is 17.2. The Balaban J connectivity index is 2.64. The van der Waals surface area contributed by atoms with Crippen molar-refractivity contribution in [3.05, 3.63) is 0 Å². The molecule has 0 heterocycles. The van der Waals surface area contributed by atoms with E-state index in [1.807, 2.05) is 0 Å². The zero-order chi connectivity index (χ0) is 9.52. The number of carboxylic acid groups (broad SMARTS) is 2. The molecule has 0 bridgehead atoms. The van der Waals surface area contributed by atoms with E-state index in [2.05, 4.69) is 0 Å². The SMILES string of the molecule is CC(N)(C(=O)O)[C@H]1C[C@@H]1C(=O)O. The lowest BCUT2D eigenvalue weighted by molar-refractivity contribution is -0.144. The molecule has 1 rings (SSSR count). The van der Waals surface area contributed by atoms with Crippen molar-refractivity contribution in [1.29, 1.82) is 0 Å². The molecule has 3 atom stereocenters. The second-order valence-electron chi connectivity index (χ2n) is 3.37. The van der Waals surface area contributed by atoms with Crippen molar-refractivity contribution < 1.29 is 19.8 Å². The highest BCUT2D eigenvalue weighted by Crippen LogP contribution is 2.45. The van der Waals surface area contributed by atoms with Crippen molar-refractivity contribution in [3.63, 3.8) is 0 Å². The van der Waals surface area contributed by atoms with Crippen molar-refractivity contribution in [3.8, 4) is 0 Å². The Bertz CT molecular complexity index is 236. The van der Waals surface area contributed by atoms with Gasteiger partial charge < -0.3 is 15.9 Å². The topological polar surface area (TPSA) is 101 Å². The predicted octanol–water partition coefficient (Wildman–Crippen LogP) is -0.491. The predicted molar refractivity (Wildman–Crippen MR) is 39.5 cm³/mol. The number of hydrogen-bond acceptors (Lipinski definition) is 3. The maximum absolute atomic E-state index is 10.6. The molecule has 1 aliphatic rings. The molecular weight excluding hydrogens is 162 g/mol. The number of aliphatic carboxylic acids is 2. The average molecular weight is 173 g/mol. The highest BCUT2D eigenvalue weighted by Gasteiger charge is 2.55. The van der Waals surface area contributed by atoms with Gasteiger partial charge in [0.05, 0.1) is 5.92 Å². The van der Waals surface area contributed by atoms with Gasteiger partial charge in [-0.15, -0.1) is 0 Å². The van der Waals surface area contributed by atoms with Gasteiger partial charge in [0.2, 0.25) is 0 Å². The van der Waals surface area contributed by atoms with E-state index in [-0.39, 0.29) is 0 Å². The summed E-state index contributed by atoms with van der Waals surface area (Å²) in [5.74, 6) is -3.10. The maximum atomic E-state index is 10.6. The van der Waals surface area contributed by atoms with Gasteiger partial charge in [0.15, 0.2) is 0 Å². The molecule has 0 aliphatic heterocycles. The molecule has 0 radical (unpaired) electrons. The van der Waals surface area contributed by atoms with Crippen LogP contribution in [0, 0.1) is 11.8 Å². The van der Waals surface area contributed by atoms with Crippen molar-refractivity contribution >= 4 is 11.9 Å². The molecule has 0 aromatic carbocycles. The number of carboxylic acids is 2. The molecule has 0 amide bonds. The van der Waals surface area contributed by atoms with Gasteiger partial charge in [0, 0.05) is 5.92 Å². The van der Waals surface area contributed by atoms with Gasteiger partial charge in [0.25, 0.3) is 0 Å². The van der Waals surface area contributed by atoms with Crippen LogP contribution in [0.4, 0.5) is 0 Å². The Morgan fingerprint density at radius 2 is 2.00 bits per heavy atom. The number of hydrogen-bond donors (Lipinski definition) is 3. The summed E-state index contributed by atoms with van der Waals surface area (Å²) in [4.78, 5) is 20.9. The fourth-order valence-corrected chi connectivity index (χ4v) is 1.29. The van der Waals surface area contributed by atoms with Crippen LogP contribution < -0.4 is 5.73 Å². The third-order valence-corrected chi connectivity index (χ3v) is 2.34. The molecule has 5 nitrogen and oxygen atoms in total. The molecular formula is C7H11NO4. The van der Waals surface area contributed by atoms with Crippen LogP contribution in [-0.2, 0) is 9.59 Å². The third kappa shape index (κ3) is 1.27. The Morgan fingerprint density at radius 1 is 1.50 bits per heavy atom. The molecule has 4 N–H and O–H groups in total. The van der Waals surface area contributed by atoms with E-state index in [1.165, 1.54) is 6.92 Å². The molecule has 1 unspecified atom stereocenters. The first-order valence-corrected chi connectivity index (χ1v) is 3.62. The summed E-state index contributed by atoms with van der Waals surface area (Å²) in [7, 11) is 0. The lowest BCUT2D eigenvalue weighted by Gasteiger charge is -2.18. The van der Waals surface area contributed by atoms with E-state index in [1.54, 1.807) is 0 Å². The Labute approximate surface area is 69.2 Å². The van der Waals surface area contributed by atoms with Gasteiger partial charge in [-0.2, -0.15) is 0 Å². The smallest absolute Gasteiger partial charge is 0.323 e. The highest BCUT2D eigenvalue weighted by atomic mass is 16.4. The van der Waals surface area contributed by atoms with E-state index in [0.29, 0.717) is 6.42 Å². The molecule has 1 saturated carbocycles. The highest BCUT2D eigenvalue weighted by molar-refractivity contribution is 5.82. The standard InChI is InChI=1S/C7H11NO4/c1-7(8,6(11)12)4-2-3(4)5(9)10/h3-4H,2,8H2,1H3,(H,9,10)(H,11,12)/t3-,4-,7?/m0/s1. The number of rotatable bonds is 3. The average Bonchev–Trinajstić information content (AvgIpc) is 2.63. The number of nitrogens with two attached hydrogens (primary N) is 1. The fourth-order valence-electron chi connectivity index (χ4n) is 1.29. The molecule has 12 heavy (non-hydrogen) atoms. The normalized spacial score (nSPS) is 32.2. The van der Waals surface area contributed by atoms with Crippen molar-refractivity contribution in [2.45, 2.75) is 18.9 Å². The van der Waals surface area contributed by atoms with E-state index in [9.17, 15) is 9.59 Å². The minimum absolute atomic E-state index is 0.370. The second-order valence-corrected chi connectivity index (χ2v) is 3.37. The minimum Gasteiger partial charge on any atom is -0.481 e. The summed E-state index contributed by atoms with van der Waals surface area (Å²) in [6.45, 7) is 1.35. The first-order valence-electron chi connectivity index (χ1n) is 3.62. The minimum atomic E-state index is -1.40. The van der Waals surface area contributed by atoms with Crippen LogP contribution in [0.2, 0.25) is 0 Å². The molecule has 68 valence electrons. The second kappa shape index (κ2) is 2.45. The zero-order valence-electron chi connectivity index (χ0n) is 6.65. The Morgan fingerprint density at radius 3 is 2.25 bits per heavy atom. The molecule has 1 fully saturated rings. The van der Waals surface area contributed by atoms with Crippen molar-refractivity contribution in [2.24, 2.45) is 17.6 Å². The Hall–Kier alpha value is -1.10. The summed E-state index contributed by atoms with van der Waals surface area (Å²) in [6, 6.07) is 0. The first kappa shape index (κ1) is 8.99. The summed E-state index contributed by atoms with van der Waals surface area (Å²) < 4.78 is 0. The first-order chi connectivity index (χ1) is 5.37. The van der Waals surface area contributed by atoms with E-state index < -0.39 is 29.3 Å². The van der Waals surface area contributed by atoms with E-state index in [4.69, 9.17) is 15.9 Å². The van der Waals surface area contributed by atoms with Gasteiger partial charge in [-0.3, -0.25) is 9.59 Å². The van der Waals surface area contributed by atoms with Gasteiger partial charge in [-0.25, -0.2) is 0 Å². The summed E-state index contributed by atoms with van der Waals surface area (Å²) >= 11 is 0. The quantitative estimate of drug-likeness (QED) is 0.534. The van der Waals surface area contributed by atoms with Crippen molar-refractivity contribution in [1.82, 2.24) is 0 Å². The molecule has 0 aromatic heterocycles. The van der Waals surface area contributed by atoms with Crippen LogP contribution in [0.1, 0.15) is 13.3 Å². The van der Waals surface area contributed by atoms with Crippen LogP contribution in [0.25, 0.3) is 0 Å². The molecule has 0 saturated heterocycles. The molecule has 0 aromatic rings. The maximum Gasteiger partial charge on any atom is 0.323 e. The summed E-state index contributed by atoms with van der Waals surface area (Å²) in [5.41, 5.74) is 4.03. The van der Waals surface area contributed by atoms with Gasteiger partial charge >= 0.3 is 11.9 Å². The lowest BCUT2D eigenvalue weighted by atomic mass is 9.96. The van der Waals surface area contributed by atoms with E-state index >= 15 is 0 Å². The molecule has 1 aliphatic carbocycles. The van der Waals surface area contributed by atoms with Gasteiger partial charge in [-0.05, 0) is 13.3 Å². The van der Waals surface area contributed by atoms with Gasteiger partial charge in [-0.1, -0.05) is 0 Å². The zero-order valence-corrected chi connectivity index (χ0v) is 6.65. The fraction of sp³-hybridized carbons (Fsp3) is 0.714. The lowest BCUT2D eigenvalue weighted by Crippen LogP contribution is -2.47. The Kier molecular flexibility index (Phi) is 1.83. The van der Waals surface area contributed by atoms with Crippen LogP contribution in [-0.4, -0.2) is 27.7 Å². The number of carbonyl (C=O) groups is 2. The van der Waals surface area contributed by atoms with Crippen molar-refractivity contribution in [2.75, 3.05) is 0 Å². The van der Waals surface area contributed by atoms with Crippen LogP contribution in [0.3, 0.4) is 0 Å². The molecule has 5 heteroatoms. The van der Waals surface area contributed by atoms with E-state index in [0.717, 1.165) is 0 Å². The molecule has 0 spiro atoms.